The first-order valence-corrected chi connectivity index (χ1v) is 11.6. The number of hydrogen-bond donors (Lipinski definition) is 4. The quantitative estimate of drug-likeness (QED) is 0.406. The molecule has 0 spiro atoms. The molecule has 0 unspecified atom stereocenters. The number of rotatable bonds is 6. The van der Waals surface area contributed by atoms with Crippen LogP contribution in [-0.2, 0) is 6.54 Å². The highest BCUT2D eigenvalue weighted by Crippen LogP contribution is 2.20. The standard InChI is InChI=1S/C24H25BrN6O2/c25-18-8-6-16(7-9-18)23(32)29-12-15-3-1-4-17(11-15)20-14-28-22(26)21(31-20)24(33)30-19-5-2-10-27-13-19/h1,3-4,6-9,11,14,19,27H,2,5,10,12-13H2,(H2,26,28)(H,29,32)(H,30,33)/t19-/m0/s1. The number of halogens is 1. The van der Waals surface area contributed by atoms with Crippen LogP contribution in [0.4, 0.5) is 5.82 Å². The van der Waals surface area contributed by atoms with Crippen molar-refractivity contribution < 1.29 is 9.59 Å². The van der Waals surface area contributed by atoms with Gasteiger partial charge in [0.25, 0.3) is 11.8 Å². The molecule has 4 rings (SSSR count). The Hall–Kier alpha value is -3.30. The maximum absolute atomic E-state index is 12.7. The number of nitrogen functional groups attached to an aromatic ring is 1. The van der Waals surface area contributed by atoms with Gasteiger partial charge in [-0.25, -0.2) is 9.97 Å². The van der Waals surface area contributed by atoms with Gasteiger partial charge in [0.05, 0.1) is 11.9 Å². The summed E-state index contributed by atoms with van der Waals surface area (Å²) in [6.07, 6.45) is 3.48. The number of nitrogens with one attached hydrogen (secondary N) is 3. The lowest BCUT2D eigenvalue weighted by molar-refractivity contribution is 0.0924. The molecule has 1 atom stereocenters. The predicted molar refractivity (Wildman–Crippen MR) is 131 cm³/mol. The molecule has 0 bridgehead atoms. The number of benzene rings is 2. The smallest absolute Gasteiger partial charge is 0.274 e. The number of nitrogens with zero attached hydrogens (tertiary/aromatic N) is 2. The van der Waals surface area contributed by atoms with E-state index in [9.17, 15) is 9.59 Å². The minimum Gasteiger partial charge on any atom is -0.382 e. The van der Waals surface area contributed by atoms with E-state index in [1.54, 1.807) is 18.3 Å². The zero-order chi connectivity index (χ0) is 23.2. The first-order chi connectivity index (χ1) is 16.0. The normalized spacial score (nSPS) is 15.6. The van der Waals surface area contributed by atoms with Crippen LogP contribution in [0.5, 0.6) is 0 Å². The van der Waals surface area contributed by atoms with Crippen molar-refractivity contribution in [2.24, 2.45) is 0 Å². The zero-order valence-corrected chi connectivity index (χ0v) is 19.6. The van der Waals surface area contributed by atoms with Crippen LogP contribution < -0.4 is 21.7 Å². The second-order valence-corrected chi connectivity index (χ2v) is 8.81. The SMILES string of the molecule is Nc1ncc(-c2cccc(CNC(=O)c3ccc(Br)cc3)c2)nc1C(=O)N[C@H]1CCCNC1. The number of nitrogens with two attached hydrogens (primary N) is 1. The fraction of sp³-hybridized carbons (Fsp3) is 0.250. The average molecular weight is 509 g/mol. The van der Waals surface area contributed by atoms with E-state index in [2.05, 4.69) is 41.8 Å². The second-order valence-electron chi connectivity index (χ2n) is 7.90. The molecule has 8 nitrogen and oxygen atoms in total. The lowest BCUT2D eigenvalue weighted by Crippen LogP contribution is -2.46. The van der Waals surface area contributed by atoms with Gasteiger partial charge in [-0.2, -0.15) is 0 Å². The highest BCUT2D eigenvalue weighted by atomic mass is 79.9. The molecule has 170 valence electrons. The Balaban J connectivity index is 1.46. The number of carbonyl (C=O) groups excluding carboxylic acids is 2. The summed E-state index contributed by atoms with van der Waals surface area (Å²) >= 11 is 3.37. The maximum atomic E-state index is 12.7. The molecular formula is C24H25BrN6O2. The molecule has 3 aromatic rings. The van der Waals surface area contributed by atoms with Crippen molar-refractivity contribution in [1.29, 1.82) is 0 Å². The number of aromatic nitrogens is 2. The molecule has 9 heteroatoms. The molecule has 0 aliphatic carbocycles. The van der Waals surface area contributed by atoms with Crippen LogP contribution in [0, 0.1) is 0 Å². The predicted octanol–water partition coefficient (Wildman–Crippen LogP) is 2.90. The molecule has 1 aliphatic rings. The van der Waals surface area contributed by atoms with Gasteiger partial charge >= 0.3 is 0 Å². The Morgan fingerprint density at radius 1 is 1.15 bits per heavy atom. The Morgan fingerprint density at radius 3 is 2.73 bits per heavy atom. The third-order valence-electron chi connectivity index (χ3n) is 5.43. The lowest BCUT2D eigenvalue weighted by atomic mass is 10.1. The van der Waals surface area contributed by atoms with E-state index < -0.39 is 0 Å². The van der Waals surface area contributed by atoms with Crippen LogP contribution in [-0.4, -0.2) is 40.9 Å². The molecule has 1 fully saturated rings. The Morgan fingerprint density at radius 2 is 1.97 bits per heavy atom. The van der Waals surface area contributed by atoms with Crippen molar-refractivity contribution in [2.75, 3.05) is 18.8 Å². The summed E-state index contributed by atoms with van der Waals surface area (Å²) in [6.45, 7) is 2.05. The third-order valence-corrected chi connectivity index (χ3v) is 5.96. The second kappa shape index (κ2) is 10.5. The van der Waals surface area contributed by atoms with Crippen LogP contribution in [0.15, 0.2) is 59.2 Å². The topological polar surface area (TPSA) is 122 Å². The fourth-order valence-electron chi connectivity index (χ4n) is 3.66. The van der Waals surface area contributed by atoms with Gasteiger partial charge in [0.1, 0.15) is 0 Å². The monoisotopic (exact) mass is 508 g/mol. The first kappa shape index (κ1) is 22.9. The molecule has 2 heterocycles. The summed E-state index contributed by atoms with van der Waals surface area (Å²) in [5.74, 6) is -0.386. The molecule has 5 N–H and O–H groups in total. The fourth-order valence-corrected chi connectivity index (χ4v) is 3.92. The van der Waals surface area contributed by atoms with E-state index in [1.807, 2.05) is 36.4 Å². The average Bonchev–Trinajstić information content (AvgIpc) is 2.84. The highest BCUT2D eigenvalue weighted by molar-refractivity contribution is 9.10. The summed E-state index contributed by atoms with van der Waals surface area (Å²) in [5, 5.41) is 9.17. The van der Waals surface area contributed by atoms with Gasteiger partial charge in [0.2, 0.25) is 0 Å². The third kappa shape index (κ3) is 5.94. The minimum absolute atomic E-state index is 0.0498. The molecule has 1 aliphatic heterocycles. The van der Waals surface area contributed by atoms with Gasteiger partial charge in [0.15, 0.2) is 11.5 Å². The zero-order valence-electron chi connectivity index (χ0n) is 18.0. The Bertz CT molecular complexity index is 1150. The van der Waals surface area contributed by atoms with Gasteiger partial charge < -0.3 is 21.7 Å². The molecular weight excluding hydrogens is 484 g/mol. The highest BCUT2D eigenvalue weighted by Gasteiger charge is 2.20. The molecule has 1 aromatic heterocycles. The first-order valence-electron chi connectivity index (χ1n) is 10.8. The minimum atomic E-state index is -0.325. The number of amides is 2. The van der Waals surface area contributed by atoms with E-state index in [0.29, 0.717) is 17.8 Å². The molecule has 1 saturated heterocycles. The lowest BCUT2D eigenvalue weighted by Gasteiger charge is -2.23. The summed E-state index contributed by atoms with van der Waals surface area (Å²) in [7, 11) is 0. The summed E-state index contributed by atoms with van der Waals surface area (Å²) in [4.78, 5) is 33.8. The molecule has 0 radical (unpaired) electrons. The van der Waals surface area contributed by atoms with E-state index in [1.165, 1.54) is 0 Å². The van der Waals surface area contributed by atoms with E-state index in [0.717, 1.165) is 41.5 Å². The Kier molecular flexibility index (Phi) is 7.31. The number of hydrogen-bond acceptors (Lipinski definition) is 6. The van der Waals surface area contributed by atoms with Crippen molar-refractivity contribution in [2.45, 2.75) is 25.4 Å². The van der Waals surface area contributed by atoms with Crippen molar-refractivity contribution >= 4 is 33.6 Å². The molecule has 33 heavy (non-hydrogen) atoms. The maximum Gasteiger partial charge on any atom is 0.274 e. The number of piperidine rings is 1. The van der Waals surface area contributed by atoms with Gasteiger partial charge in [0, 0.05) is 34.7 Å². The number of carbonyl (C=O) groups is 2. The number of anilines is 1. The van der Waals surface area contributed by atoms with Crippen LogP contribution in [0.2, 0.25) is 0 Å². The van der Waals surface area contributed by atoms with Gasteiger partial charge in [-0.1, -0.05) is 34.1 Å². The van der Waals surface area contributed by atoms with E-state index in [-0.39, 0.29) is 29.4 Å². The van der Waals surface area contributed by atoms with E-state index >= 15 is 0 Å². The molecule has 2 amide bonds. The largest absolute Gasteiger partial charge is 0.382 e. The van der Waals surface area contributed by atoms with Crippen LogP contribution in [0.25, 0.3) is 11.3 Å². The van der Waals surface area contributed by atoms with Gasteiger partial charge in [-0.3, -0.25) is 9.59 Å². The summed E-state index contributed by atoms with van der Waals surface area (Å²) in [5.41, 5.74) is 8.87. The van der Waals surface area contributed by atoms with Crippen molar-refractivity contribution in [3.63, 3.8) is 0 Å². The van der Waals surface area contributed by atoms with E-state index in [4.69, 9.17) is 5.73 Å². The van der Waals surface area contributed by atoms with Crippen LogP contribution in [0.3, 0.4) is 0 Å². The van der Waals surface area contributed by atoms with Gasteiger partial charge in [-0.05, 0) is 55.3 Å². The molecule has 0 saturated carbocycles. The summed E-state index contributed by atoms with van der Waals surface area (Å²) < 4.78 is 0.916. The van der Waals surface area contributed by atoms with Crippen LogP contribution in [0.1, 0.15) is 39.3 Å². The van der Waals surface area contributed by atoms with Crippen molar-refractivity contribution in [1.82, 2.24) is 25.9 Å². The Labute approximate surface area is 200 Å². The van der Waals surface area contributed by atoms with Crippen LogP contribution >= 0.6 is 15.9 Å². The van der Waals surface area contributed by atoms with Gasteiger partial charge in [-0.15, -0.1) is 0 Å². The van der Waals surface area contributed by atoms with Crippen molar-refractivity contribution in [3.8, 4) is 11.3 Å². The summed E-state index contributed by atoms with van der Waals surface area (Å²) in [6, 6.07) is 14.8. The molecule has 2 aromatic carbocycles. The van der Waals surface area contributed by atoms with Crippen molar-refractivity contribution in [3.05, 3.63) is 76.0 Å².